The van der Waals surface area contributed by atoms with Crippen LogP contribution in [0, 0.1) is 5.92 Å². The number of hydrogen-bond donors (Lipinski definition) is 1. The summed E-state index contributed by atoms with van der Waals surface area (Å²) < 4.78 is 0. The Morgan fingerprint density at radius 2 is 2.11 bits per heavy atom. The first-order valence-electron chi connectivity index (χ1n) is 10.2. The van der Waals surface area contributed by atoms with Crippen LogP contribution in [0.15, 0.2) is 41.2 Å². The molecule has 3 heterocycles. The number of thiophene rings is 1. The number of rotatable bonds is 3. The van der Waals surface area contributed by atoms with E-state index in [2.05, 4.69) is 53.2 Å². The molecule has 3 aromatic rings. The van der Waals surface area contributed by atoms with E-state index in [0.717, 1.165) is 48.4 Å². The zero-order valence-corrected chi connectivity index (χ0v) is 17.0. The smallest absolute Gasteiger partial charge is 0.259 e. The Bertz CT molecular complexity index is 1100. The Labute approximate surface area is 168 Å². The minimum Gasteiger partial charge on any atom is -0.309 e. The number of fused-ring (bicyclic) bond motifs is 3. The molecule has 0 fully saturated rings. The maximum Gasteiger partial charge on any atom is 0.259 e. The monoisotopic (exact) mass is 391 g/mol. The fourth-order valence-corrected chi connectivity index (χ4v) is 5.85. The van der Waals surface area contributed by atoms with E-state index in [0.29, 0.717) is 12.5 Å². The normalized spacial score (nSPS) is 20.2. The van der Waals surface area contributed by atoms with Crippen molar-refractivity contribution >= 4 is 27.1 Å². The summed E-state index contributed by atoms with van der Waals surface area (Å²) in [7, 11) is 0. The van der Waals surface area contributed by atoms with Crippen LogP contribution in [-0.2, 0) is 19.4 Å². The van der Waals surface area contributed by atoms with Gasteiger partial charge in [-0.3, -0.25) is 9.69 Å². The molecule has 0 radical (unpaired) electrons. The van der Waals surface area contributed by atoms with Crippen molar-refractivity contribution in [3.8, 4) is 0 Å². The van der Waals surface area contributed by atoms with Crippen LogP contribution in [0.4, 0.5) is 0 Å². The van der Waals surface area contributed by atoms with E-state index >= 15 is 0 Å². The van der Waals surface area contributed by atoms with Crippen molar-refractivity contribution in [2.75, 3.05) is 13.1 Å². The maximum absolute atomic E-state index is 12.8. The number of aromatic amines is 1. The van der Waals surface area contributed by atoms with Gasteiger partial charge in [0.1, 0.15) is 10.7 Å². The summed E-state index contributed by atoms with van der Waals surface area (Å²) in [5, 5.41) is 0.848. The predicted octanol–water partition coefficient (Wildman–Crippen LogP) is 4.40. The van der Waals surface area contributed by atoms with Gasteiger partial charge in [0.05, 0.1) is 11.9 Å². The minimum atomic E-state index is 0.0459. The highest BCUT2D eigenvalue weighted by atomic mass is 32.1. The molecule has 2 aliphatic rings. The number of nitrogens with one attached hydrogen (secondary N) is 1. The molecule has 144 valence electrons. The fraction of sp³-hybridized carbons (Fsp3) is 0.391. The van der Waals surface area contributed by atoms with Crippen molar-refractivity contribution in [1.82, 2.24) is 14.9 Å². The molecule has 2 aromatic heterocycles. The summed E-state index contributed by atoms with van der Waals surface area (Å²) in [6.07, 6.45) is 6.61. The number of hydrogen-bond acceptors (Lipinski definition) is 4. The van der Waals surface area contributed by atoms with E-state index in [1.807, 2.05) is 0 Å². The Morgan fingerprint density at radius 3 is 2.89 bits per heavy atom. The lowest BCUT2D eigenvalue weighted by Gasteiger charge is -2.25. The van der Waals surface area contributed by atoms with E-state index < -0.39 is 0 Å². The van der Waals surface area contributed by atoms with E-state index in [9.17, 15) is 4.79 Å². The Hall–Kier alpha value is -2.24. The maximum atomic E-state index is 12.8. The molecule has 0 amide bonds. The lowest BCUT2D eigenvalue weighted by molar-refractivity contribution is 0.286. The van der Waals surface area contributed by atoms with Gasteiger partial charge in [-0.2, -0.15) is 0 Å². The Kier molecular flexibility index (Phi) is 4.65. The Morgan fingerprint density at radius 1 is 1.25 bits per heavy atom. The highest BCUT2D eigenvalue weighted by Crippen LogP contribution is 2.35. The van der Waals surface area contributed by atoms with Gasteiger partial charge in [-0.05, 0) is 48.3 Å². The molecule has 1 aromatic carbocycles. The van der Waals surface area contributed by atoms with Crippen molar-refractivity contribution in [2.24, 2.45) is 5.92 Å². The average molecular weight is 392 g/mol. The fourth-order valence-electron chi connectivity index (χ4n) is 4.45. The van der Waals surface area contributed by atoms with Gasteiger partial charge < -0.3 is 4.98 Å². The van der Waals surface area contributed by atoms with Crippen molar-refractivity contribution in [1.29, 1.82) is 0 Å². The molecule has 0 spiro atoms. The van der Waals surface area contributed by atoms with Crippen LogP contribution in [0.25, 0.3) is 15.8 Å². The average Bonchev–Trinajstić information content (AvgIpc) is 3.07. The van der Waals surface area contributed by atoms with Crippen LogP contribution in [-0.4, -0.2) is 28.0 Å². The van der Waals surface area contributed by atoms with Crippen LogP contribution in [0.5, 0.6) is 0 Å². The first-order chi connectivity index (χ1) is 13.7. The summed E-state index contributed by atoms with van der Waals surface area (Å²) in [5.74, 6) is 1.50. The van der Waals surface area contributed by atoms with Crippen molar-refractivity contribution in [2.45, 2.75) is 39.2 Å². The standard InChI is InChI=1S/C23H25N3OS/c1-15-7-8-18-19(13-15)28-23-21(18)22(27)24-20(25-23)14-26-11-9-17(10-12-26)16-5-3-2-4-6-16/h2-6,9,15H,7-8,10-14H2,1H3,(H,24,25,27). The van der Waals surface area contributed by atoms with Gasteiger partial charge in [-0.25, -0.2) is 4.98 Å². The first kappa shape index (κ1) is 17.8. The van der Waals surface area contributed by atoms with Crippen molar-refractivity contribution < 1.29 is 0 Å². The highest BCUT2D eigenvalue weighted by molar-refractivity contribution is 7.18. The van der Waals surface area contributed by atoms with E-state index in [-0.39, 0.29) is 5.56 Å². The topological polar surface area (TPSA) is 49.0 Å². The summed E-state index contributed by atoms with van der Waals surface area (Å²) in [6.45, 7) is 4.87. The molecule has 0 saturated heterocycles. The number of aryl methyl sites for hydroxylation is 1. The highest BCUT2D eigenvalue weighted by Gasteiger charge is 2.23. The van der Waals surface area contributed by atoms with E-state index in [1.165, 1.54) is 28.0 Å². The van der Waals surface area contributed by atoms with Crippen LogP contribution in [0.1, 0.15) is 41.6 Å². The van der Waals surface area contributed by atoms with Crippen molar-refractivity contribution in [3.63, 3.8) is 0 Å². The summed E-state index contributed by atoms with van der Waals surface area (Å²) >= 11 is 1.73. The zero-order chi connectivity index (χ0) is 19.1. The van der Waals surface area contributed by atoms with E-state index in [1.54, 1.807) is 11.3 Å². The molecular formula is C23H25N3OS. The molecule has 4 nitrogen and oxygen atoms in total. The van der Waals surface area contributed by atoms with E-state index in [4.69, 9.17) is 4.98 Å². The molecule has 0 bridgehead atoms. The quantitative estimate of drug-likeness (QED) is 0.720. The van der Waals surface area contributed by atoms with Gasteiger partial charge in [0.25, 0.3) is 5.56 Å². The number of benzene rings is 1. The van der Waals surface area contributed by atoms with Gasteiger partial charge in [0.15, 0.2) is 0 Å². The molecule has 5 heteroatoms. The number of H-pyrrole nitrogens is 1. The second-order valence-corrected chi connectivity index (χ2v) is 9.21. The third kappa shape index (κ3) is 3.33. The largest absolute Gasteiger partial charge is 0.309 e. The number of nitrogens with zero attached hydrogens (tertiary/aromatic N) is 2. The van der Waals surface area contributed by atoms with Crippen molar-refractivity contribution in [3.05, 3.63) is 68.6 Å². The third-order valence-electron chi connectivity index (χ3n) is 6.03. The molecule has 1 unspecified atom stereocenters. The summed E-state index contributed by atoms with van der Waals surface area (Å²) in [5.41, 5.74) is 4.03. The van der Waals surface area contributed by atoms with Crippen LogP contribution >= 0.6 is 11.3 Å². The number of aromatic nitrogens is 2. The molecule has 28 heavy (non-hydrogen) atoms. The third-order valence-corrected chi connectivity index (χ3v) is 7.17. The summed E-state index contributed by atoms with van der Waals surface area (Å²) in [6, 6.07) is 10.6. The Balaban J connectivity index is 1.36. The minimum absolute atomic E-state index is 0.0459. The summed E-state index contributed by atoms with van der Waals surface area (Å²) in [4.78, 5) is 25.3. The lowest BCUT2D eigenvalue weighted by atomic mass is 9.89. The van der Waals surface area contributed by atoms with Gasteiger partial charge in [0.2, 0.25) is 0 Å². The molecular weight excluding hydrogens is 366 g/mol. The van der Waals surface area contributed by atoms with Crippen LogP contribution in [0.3, 0.4) is 0 Å². The van der Waals surface area contributed by atoms with Gasteiger partial charge >= 0.3 is 0 Å². The molecule has 1 aliphatic heterocycles. The van der Waals surface area contributed by atoms with Gasteiger partial charge in [-0.1, -0.05) is 43.3 Å². The second-order valence-electron chi connectivity index (χ2n) is 8.13. The molecule has 1 aliphatic carbocycles. The lowest BCUT2D eigenvalue weighted by Crippen LogP contribution is -2.29. The zero-order valence-electron chi connectivity index (χ0n) is 16.2. The molecule has 1 N–H and O–H groups in total. The first-order valence-corrected chi connectivity index (χ1v) is 11.0. The molecule has 5 rings (SSSR count). The van der Waals surface area contributed by atoms with Crippen LogP contribution in [0.2, 0.25) is 0 Å². The predicted molar refractivity (Wildman–Crippen MR) is 116 cm³/mol. The molecule has 1 atom stereocenters. The molecule has 0 saturated carbocycles. The SMILES string of the molecule is CC1CCc2c(sc3nc(CN4CC=C(c5ccccc5)CC4)[nH]c(=O)c23)C1. The van der Waals surface area contributed by atoms with Gasteiger partial charge in [-0.15, -0.1) is 11.3 Å². The second kappa shape index (κ2) is 7.30. The van der Waals surface area contributed by atoms with Crippen LogP contribution < -0.4 is 5.56 Å². The van der Waals surface area contributed by atoms with Gasteiger partial charge in [0, 0.05) is 18.0 Å².